The van der Waals surface area contributed by atoms with Gasteiger partial charge in [0.1, 0.15) is 5.78 Å². The van der Waals surface area contributed by atoms with E-state index in [1.54, 1.807) is 6.07 Å². The average Bonchev–Trinajstić information content (AvgIpc) is 2.71. The van der Waals surface area contributed by atoms with Crippen molar-refractivity contribution in [1.82, 2.24) is 0 Å². The van der Waals surface area contributed by atoms with E-state index >= 15 is 0 Å². The summed E-state index contributed by atoms with van der Waals surface area (Å²) in [5.41, 5.74) is -0.0572. The van der Waals surface area contributed by atoms with Gasteiger partial charge in [0.15, 0.2) is 0 Å². The normalized spacial score (nSPS) is 11.5. The second-order valence-corrected chi connectivity index (χ2v) is 5.99. The fourth-order valence-corrected chi connectivity index (χ4v) is 2.89. The van der Waals surface area contributed by atoms with Gasteiger partial charge in [0.05, 0.1) is 9.75 Å². The molecule has 0 bridgehead atoms. The van der Waals surface area contributed by atoms with Crippen LogP contribution in [0.5, 0.6) is 0 Å². The standard InChI is InChI=1S/C13H17ClO3S/c1-3-13(4-2,12(16)17)7-10(15)5-9-6-11(14)18-8-9/h6,8H,3-5,7H2,1-2H3,(H,16,17). The molecule has 100 valence electrons. The molecule has 0 radical (unpaired) electrons. The van der Waals surface area contributed by atoms with Crippen molar-refractivity contribution in [2.24, 2.45) is 5.41 Å². The third kappa shape index (κ3) is 3.56. The van der Waals surface area contributed by atoms with Crippen LogP contribution in [0.2, 0.25) is 4.34 Å². The summed E-state index contributed by atoms with van der Waals surface area (Å²) in [6.45, 7) is 3.62. The van der Waals surface area contributed by atoms with Gasteiger partial charge in [0.2, 0.25) is 0 Å². The fourth-order valence-electron chi connectivity index (χ4n) is 1.98. The Labute approximate surface area is 116 Å². The second-order valence-electron chi connectivity index (χ2n) is 4.44. The zero-order valence-corrected chi connectivity index (χ0v) is 12.1. The van der Waals surface area contributed by atoms with Crippen molar-refractivity contribution in [1.29, 1.82) is 0 Å². The molecule has 0 aliphatic carbocycles. The van der Waals surface area contributed by atoms with Gasteiger partial charge in [-0.1, -0.05) is 25.4 Å². The van der Waals surface area contributed by atoms with Crippen LogP contribution in [0, 0.1) is 5.41 Å². The van der Waals surface area contributed by atoms with Crippen LogP contribution in [-0.2, 0) is 16.0 Å². The van der Waals surface area contributed by atoms with E-state index < -0.39 is 11.4 Å². The second kappa shape index (κ2) is 6.34. The molecule has 5 heteroatoms. The zero-order chi connectivity index (χ0) is 13.8. The van der Waals surface area contributed by atoms with Crippen molar-refractivity contribution in [3.63, 3.8) is 0 Å². The minimum Gasteiger partial charge on any atom is -0.481 e. The van der Waals surface area contributed by atoms with Crippen LogP contribution >= 0.6 is 22.9 Å². The van der Waals surface area contributed by atoms with Gasteiger partial charge < -0.3 is 5.11 Å². The van der Waals surface area contributed by atoms with Gasteiger partial charge in [-0.05, 0) is 29.9 Å². The number of carbonyl (C=O) groups is 2. The number of carbonyl (C=O) groups excluding carboxylic acids is 1. The van der Waals surface area contributed by atoms with Crippen molar-refractivity contribution in [3.05, 3.63) is 21.3 Å². The van der Waals surface area contributed by atoms with Crippen LogP contribution in [0.4, 0.5) is 0 Å². The van der Waals surface area contributed by atoms with Crippen LogP contribution < -0.4 is 0 Å². The monoisotopic (exact) mass is 288 g/mol. The molecule has 0 spiro atoms. The summed E-state index contributed by atoms with van der Waals surface area (Å²) in [5, 5.41) is 11.1. The van der Waals surface area contributed by atoms with Gasteiger partial charge in [-0.15, -0.1) is 11.3 Å². The van der Waals surface area contributed by atoms with Gasteiger partial charge in [-0.25, -0.2) is 0 Å². The van der Waals surface area contributed by atoms with E-state index in [1.165, 1.54) is 11.3 Å². The quantitative estimate of drug-likeness (QED) is 0.830. The highest BCUT2D eigenvalue weighted by Crippen LogP contribution is 2.32. The molecule has 1 N–H and O–H groups in total. The Morgan fingerprint density at radius 2 is 2.00 bits per heavy atom. The third-order valence-electron chi connectivity index (χ3n) is 3.37. The Hall–Kier alpha value is -0.870. The number of carboxylic acids is 1. The van der Waals surface area contributed by atoms with Crippen LogP contribution in [0.15, 0.2) is 11.4 Å². The first-order valence-corrected chi connectivity index (χ1v) is 7.17. The molecule has 0 fully saturated rings. The van der Waals surface area contributed by atoms with Gasteiger partial charge in [-0.3, -0.25) is 9.59 Å². The number of Topliss-reactive ketones (excluding diaryl/α,β-unsaturated/α-hetero) is 1. The lowest BCUT2D eigenvalue weighted by molar-refractivity contribution is -0.152. The lowest BCUT2D eigenvalue weighted by atomic mass is 9.77. The molecule has 0 unspecified atom stereocenters. The summed E-state index contributed by atoms with van der Waals surface area (Å²) < 4.78 is 0.647. The molecule has 1 rings (SSSR count). The zero-order valence-electron chi connectivity index (χ0n) is 10.5. The van der Waals surface area contributed by atoms with E-state index in [0.717, 1.165) is 5.56 Å². The summed E-state index contributed by atoms with van der Waals surface area (Å²) in [4.78, 5) is 23.3. The Morgan fingerprint density at radius 3 is 2.39 bits per heavy atom. The molecular formula is C13H17ClO3S. The lowest BCUT2D eigenvalue weighted by Crippen LogP contribution is -2.32. The highest BCUT2D eigenvalue weighted by molar-refractivity contribution is 7.14. The van der Waals surface area contributed by atoms with Gasteiger partial charge in [-0.2, -0.15) is 0 Å². The Kier molecular flexibility index (Phi) is 5.35. The van der Waals surface area contributed by atoms with Crippen LogP contribution in [0.1, 0.15) is 38.7 Å². The molecule has 0 atom stereocenters. The van der Waals surface area contributed by atoms with Crippen molar-refractivity contribution >= 4 is 34.7 Å². The highest BCUT2D eigenvalue weighted by atomic mass is 35.5. The van der Waals surface area contributed by atoms with Crippen molar-refractivity contribution < 1.29 is 14.7 Å². The SMILES string of the molecule is CCC(CC)(CC(=O)Cc1csc(Cl)c1)C(=O)O. The van der Waals surface area contributed by atoms with E-state index in [-0.39, 0.29) is 18.6 Å². The molecule has 0 saturated carbocycles. The largest absolute Gasteiger partial charge is 0.481 e. The van der Waals surface area contributed by atoms with E-state index in [1.807, 2.05) is 19.2 Å². The fraction of sp³-hybridized carbons (Fsp3) is 0.538. The van der Waals surface area contributed by atoms with Gasteiger partial charge >= 0.3 is 5.97 Å². The average molecular weight is 289 g/mol. The maximum absolute atomic E-state index is 12.0. The summed E-state index contributed by atoms with van der Waals surface area (Å²) >= 11 is 7.17. The smallest absolute Gasteiger partial charge is 0.310 e. The predicted molar refractivity (Wildman–Crippen MR) is 73.3 cm³/mol. The molecular weight excluding hydrogens is 272 g/mol. The molecule has 18 heavy (non-hydrogen) atoms. The summed E-state index contributed by atoms with van der Waals surface area (Å²) in [6, 6.07) is 1.75. The van der Waals surface area contributed by atoms with Crippen LogP contribution in [0.25, 0.3) is 0 Å². The first kappa shape index (κ1) is 15.2. The molecule has 1 aromatic heterocycles. The number of hydrogen-bond donors (Lipinski definition) is 1. The molecule has 1 heterocycles. The van der Waals surface area contributed by atoms with Crippen LogP contribution in [0.3, 0.4) is 0 Å². The molecule has 3 nitrogen and oxygen atoms in total. The number of thiophene rings is 1. The lowest BCUT2D eigenvalue weighted by Gasteiger charge is -2.25. The molecule has 0 aliphatic rings. The number of hydrogen-bond acceptors (Lipinski definition) is 3. The molecule has 0 aliphatic heterocycles. The minimum atomic E-state index is -0.920. The van der Waals surface area contributed by atoms with Crippen molar-refractivity contribution in [2.45, 2.75) is 39.5 Å². The predicted octanol–water partition coefficient (Wildman–Crippen LogP) is 3.79. The Bertz CT molecular complexity index is 435. The van der Waals surface area contributed by atoms with Gasteiger partial charge in [0.25, 0.3) is 0 Å². The number of rotatable bonds is 7. The van der Waals surface area contributed by atoms with E-state index in [9.17, 15) is 14.7 Å². The first-order chi connectivity index (χ1) is 8.43. The van der Waals surface area contributed by atoms with E-state index in [2.05, 4.69) is 0 Å². The topological polar surface area (TPSA) is 54.4 Å². The molecule has 1 aromatic rings. The van der Waals surface area contributed by atoms with Crippen LogP contribution in [-0.4, -0.2) is 16.9 Å². The Morgan fingerprint density at radius 1 is 1.39 bits per heavy atom. The third-order valence-corrected chi connectivity index (χ3v) is 4.51. The highest BCUT2D eigenvalue weighted by Gasteiger charge is 2.36. The summed E-state index contributed by atoms with van der Waals surface area (Å²) in [6.07, 6.45) is 1.28. The minimum absolute atomic E-state index is 0.0458. The Balaban J connectivity index is 2.70. The van der Waals surface area contributed by atoms with E-state index in [4.69, 9.17) is 11.6 Å². The number of aliphatic carboxylic acids is 1. The summed E-state index contributed by atoms with van der Waals surface area (Å²) in [7, 11) is 0. The maximum atomic E-state index is 12.0. The molecule has 0 aromatic carbocycles. The number of carboxylic acid groups (broad SMARTS) is 1. The van der Waals surface area contributed by atoms with Crippen molar-refractivity contribution in [2.75, 3.05) is 0 Å². The van der Waals surface area contributed by atoms with Gasteiger partial charge in [0, 0.05) is 12.8 Å². The first-order valence-electron chi connectivity index (χ1n) is 5.91. The van der Waals surface area contributed by atoms with Crippen molar-refractivity contribution in [3.8, 4) is 0 Å². The number of ketones is 1. The van der Waals surface area contributed by atoms with E-state index in [0.29, 0.717) is 17.2 Å². The number of halogens is 1. The molecule has 0 saturated heterocycles. The summed E-state index contributed by atoms with van der Waals surface area (Å²) in [5.74, 6) is -0.931. The molecule has 0 amide bonds. The maximum Gasteiger partial charge on any atom is 0.310 e.